The van der Waals surface area contributed by atoms with E-state index >= 15 is 0 Å². The van der Waals surface area contributed by atoms with Gasteiger partial charge in [0.2, 0.25) is 0 Å². The van der Waals surface area contributed by atoms with Crippen LogP contribution in [-0.2, 0) is 13.2 Å². The zero-order valence-corrected chi connectivity index (χ0v) is 11.4. The molecule has 2 rings (SSSR count). The molecule has 100 valence electrons. The van der Waals surface area contributed by atoms with Gasteiger partial charge in [0.15, 0.2) is 0 Å². The van der Waals surface area contributed by atoms with Crippen LogP contribution in [-0.4, -0.2) is 12.1 Å². The third kappa shape index (κ3) is 3.59. The highest BCUT2D eigenvalue weighted by molar-refractivity contribution is 6.30. The molecule has 0 aliphatic carbocycles. The first kappa shape index (κ1) is 13.6. The topological polar surface area (TPSA) is 57.4 Å². The molecule has 0 bridgehead atoms. The average molecular weight is 279 g/mol. The van der Waals surface area contributed by atoms with Crippen molar-refractivity contribution in [2.45, 2.75) is 13.2 Å². The summed E-state index contributed by atoms with van der Waals surface area (Å²) in [7, 11) is 1.63. The summed E-state index contributed by atoms with van der Waals surface area (Å²) in [5.74, 6) is 1.39. The van der Waals surface area contributed by atoms with Crippen LogP contribution in [0.15, 0.2) is 36.7 Å². The lowest BCUT2D eigenvalue weighted by Gasteiger charge is -2.11. The first-order valence-electron chi connectivity index (χ1n) is 5.82. The Kier molecular flexibility index (Phi) is 4.60. The third-order valence-corrected chi connectivity index (χ3v) is 2.86. The maximum atomic E-state index is 5.85. The summed E-state index contributed by atoms with van der Waals surface area (Å²) in [6.45, 7) is 0.856. The molecule has 0 fully saturated rings. The van der Waals surface area contributed by atoms with Gasteiger partial charge in [0.1, 0.15) is 18.1 Å². The van der Waals surface area contributed by atoms with Gasteiger partial charge in [-0.2, -0.15) is 0 Å². The molecule has 1 heterocycles. The van der Waals surface area contributed by atoms with E-state index in [9.17, 15) is 0 Å². The highest BCUT2D eigenvalue weighted by Crippen LogP contribution is 2.23. The molecule has 0 radical (unpaired) electrons. The molecule has 2 aromatic rings. The van der Waals surface area contributed by atoms with E-state index in [0.29, 0.717) is 23.9 Å². The number of benzene rings is 1. The summed E-state index contributed by atoms with van der Waals surface area (Å²) in [6.07, 6.45) is 3.18. The molecule has 0 unspecified atom stereocenters. The van der Waals surface area contributed by atoms with Crippen LogP contribution in [0.2, 0.25) is 5.02 Å². The van der Waals surface area contributed by atoms with Crippen molar-refractivity contribution in [1.29, 1.82) is 0 Å². The summed E-state index contributed by atoms with van der Waals surface area (Å²) in [6, 6.07) is 7.50. The van der Waals surface area contributed by atoms with Gasteiger partial charge in [-0.25, -0.2) is 0 Å². The fourth-order valence-corrected chi connectivity index (χ4v) is 1.87. The van der Waals surface area contributed by atoms with E-state index in [2.05, 4.69) is 4.98 Å². The van der Waals surface area contributed by atoms with Crippen LogP contribution in [0, 0.1) is 0 Å². The van der Waals surface area contributed by atoms with E-state index in [1.54, 1.807) is 25.6 Å². The lowest BCUT2D eigenvalue weighted by atomic mass is 10.1. The van der Waals surface area contributed by atoms with Crippen LogP contribution >= 0.6 is 11.6 Å². The Morgan fingerprint density at radius 1 is 1.26 bits per heavy atom. The maximum Gasteiger partial charge on any atom is 0.139 e. The van der Waals surface area contributed by atoms with Gasteiger partial charge in [-0.3, -0.25) is 4.98 Å². The second-order valence-corrected chi connectivity index (χ2v) is 4.41. The molecule has 4 nitrogen and oxygen atoms in total. The van der Waals surface area contributed by atoms with Crippen LogP contribution < -0.4 is 15.2 Å². The molecule has 0 saturated heterocycles. The van der Waals surface area contributed by atoms with Crippen LogP contribution in [0.5, 0.6) is 11.5 Å². The van der Waals surface area contributed by atoms with Crippen molar-refractivity contribution in [2.75, 3.05) is 7.11 Å². The Morgan fingerprint density at radius 2 is 2.11 bits per heavy atom. The fourth-order valence-electron chi connectivity index (χ4n) is 1.70. The van der Waals surface area contributed by atoms with Crippen LogP contribution in [0.25, 0.3) is 0 Å². The number of pyridine rings is 1. The number of methoxy groups -OCH3 is 1. The van der Waals surface area contributed by atoms with Gasteiger partial charge in [-0.15, -0.1) is 0 Å². The van der Waals surface area contributed by atoms with Crippen molar-refractivity contribution in [1.82, 2.24) is 4.98 Å². The molecule has 2 N–H and O–H groups in total. The normalized spacial score (nSPS) is 10.3. The smallest absolute Gasteiger partial charge is 0.139 e. The van der Waals surface area contributed by atoms with E-state index < -0.39 is 0 Å². The average Bonchev–Trinajstić information content (AvgIpc) is 2.45. The first-order chi connectivity index (χ1) is 9.22. The Morgan fingerprint density at radius 3 is 2.79 bits per heavy atom. The molecular weight excluding hydrogens is 264 g/mol. The molecule has 1 aromatic carbocycles. The predicted octanol–water partition coefficient (Wildman–Crippen LogP) is 2.78. The van der Waals surface area contributed by atoms with Crippen molar-refractivity contribution in [2.24, 2.45) is 5.73 Å². The molecule has 0 saturated carbocycles. The molecule has 0 aliphatic heterocycles. The highest BCUT2D eigenvalue weighted by Gasteiger charge is 2.05. The largest absolute Gasteiger partial charge is 0.496 e. The van der Waals surface area contributed by atoms with Crippen molar-refractivity contribution in [3.8, 4) is 11.5 Å². The van der Waals surface area contributed by atoms with Crippen LogP contribution in [0.3, 0.4) is 0 Å². The Labute approximate surface area is 117 Å². The first-order valence-corrected chi connectivity index (χ1v) is 6.20. The molecular formula is C14H15ClN2O2. The predicted molar refractivity (Wildman–Crippen MR) is 74.5 cm³/mol. The number of halogens is 1. The fraction of sp³-hybridized carbons (Fsp3) is 0.214. The molecule has 5 heteroatoms. The monoisotopic (exact) mass is 278 g/mol. The summed E-state index contributed by atoms with van der Waals surface area (Å²) >= 11 is 5.85. The number of aromatic nitrogens is 1. The number of nitrogens with two attached hydrogens (primary N) is 1. The summed E-state index contributed by atoms with van der Waals surface area (Å²) < 4.78 is 10.9. The Hall–Kier alpha value is -1.78. The van der Waals surface area contributed by atoms with Crippen molar-refractivity contribution >= 4 is 11.6 Å². The Balaban J connectivity index is 2.14. The zero-order valence-electron chi connectivity index (χ0n) is 10.6. The number of nitrogens with zero attached hydrogens (tertiary/aromatic N) is 1. The van der Waals surface area contributed by atoms with E-state index in [1.165, 1.54) is 0 Å². The number of hydrogen-bond acceptors (Lipinski definition) is 4. The van der Waals surface area contributed by atoms with Crippen molar-refractivity contribution in [3.05, 3.63) is 52.8 Å². The van der Waals surface area contributed by atoms with E-state index in [4.69, 9.17) is 26.8 Å². The van der Waals surface area contributed by atoms with E-state index in [-0.39, 0.29) is 0 Å². The summed E-state index contributed by atoms with van der Waals surface area (Å²) in [5.41, 5.74) is 7.60. The van der Waals surface area contributed by atoms with Crippen molar-refractivity contribution in [3.63, 3.8) is 0 Å². The minimum Gasteiger partial charge on any atom is -0.496 e. The van der Waals surface area contributed by atoms with Gasteiger partial charge in [-0.05, 0) is 17.7 Å². The van der Waals surface area contributed by atoms with Crippen LogP contribution in [0.4, 0.5) is 0 Å². The van der Waals surface area contributed by atoms with E-state index in [1.807, 2.05) is 18.2 Å². The van der Waals surface area contributed by atoms with Gasteiger partial charge in [0.05, 0.1) is 18.3 Å². The van der Waals surface area contributed by atoms with Crippen LogP contribution in [0.1, 0.15) is 11.1 Å². The quantitative estimate of drug-likeness (QED) is 0.914. The second-order valence-electron chi connectivity index (χ2n) is 3.98. The highest BCUT2D eigenvalue weighted by atomic mass is 35.5. The number of rotatable bonds is 5. The SMILES string of the molecule is COc1ccc(CN)cc1COc1cncc(Cl)c1. The van der Waals surface area contributed by atoms with Gasteiger partial charge in [0.25, 0.3) is 0 Å². The molecule has 19 heavy (non-hydrogen) atoms. The maximum absolute atomic E-state index is 5.85. The van der Waals surface area contributed by atoms with E-state index in [0.717, 1.165) is 16.9 Å². The van der Waals surface area contributed by atoms with Gasteiger partial charge < -0.3 is 15.2 Å². The van der Waals surface area contributed by atoms with Gasteiger partial charge in [-0.1, -0.05) is 17.7 Å². The molecule has 0 amide bonds. The Bertz CT molecular complexity index is 561. The minimum absolute atomic E-state index is 0.374. The van der Waals surface area contributed by atoms with Gasteiger partial charge in [0, 0.05) is 24.4 Å². The summed E-state index contributed by atoms with van der Waals surface area (Å²) in [5, 5.41) is 0.542. The molecule has 0 atom stereocenters. The number of hydrogen-bond donors (Lipinski definition) is 1. The summed E-state index contributed by atoms with van der Waals surface area (Å²) in [4.78, 5) is 3.96. The zero-order chi connectivity index (χ0) is 13.7. The van der Waals surface area contributed by atoms with Gasteiger partial charge >= 0.3 is 0 Å². The lowest BCUT2D eigenvalue weighted by molar-refractivity contribution is 0.295. The van der Waals surface area contributed by atoms with Crippen molar-refractivity contribution < 1.29 is 9.47 Å². The molecule has 0 aliphatic rings. The standard InChI is InChI=1S/C14H15ClN2O2/c1-18-14-3-2-10(6-16)4-11(14)9-19-13-5-12(15)7-17-8-13/h2-5,7-8H,6,9,16H2,1H3. The third-order valence-electron chi connectivity index (χ3n) is 2.65. The molecule has 0 spiro atoms. The molecule has 1 aromatic heterocycles. The second kappa shape index (κ2) is 6.41. The lowest BCUT2D eigenvalue weighted by Crippen LogP contribution is -2.02. The minimum atomic E-state index is 0.374. The number of ether oxygens (including phenoxy) is 2.